The summed E-state index contributed by atoms with van der Waals surface area (Å²) in [6.45, 7) is 1.79. The van der Waals surface area contributed by atoms with E-state index >= 15 is 0 Å². The highest BCUT2D eigenvalue weighted by atomic mass is 32.1. The minimum absolute atomic E-state index is 0.0752. The first-order valence-corrected chi connectivity index (χ1v) is 7.10. The Morgan fingerprint density at radius 2 is 2.35 bits per heavy atom. The summed E-state index contributed by atoms with van der Waals surface area (Å²) >= 11 is 1.46. The number of thiazole rings is 1. The van der Waals surface area contributed by atoms with E-state index in [4.69, 9.17) is 10.5 Å². The number of nitrogens with one attached hydrogen (secondary N) is 1. The quantitative estimate of drug-likeness (QED) is 0.829. The van der Waals surface area contributed by atoms with Crippen LogP contribution < -0.4 is 15.8 Å². The maximum Gasteiger partial charge on any atom is 0.221 e. The van der Waals surface area contributed by atoms with Gasteiger partial charge in [-0.3, -0.25) is 4.79 Å². The Kier molecular flexibility index (Phi) is 4.70. The maximum absolute atomic E-state index is 11.3. The van der Waals surface area contributed by atoms with E-state index in [0.717, 1.165) is 21.2 Å². The van der Waals surface area contributed by atoms with Gasteiger partial charge in [0, 0.05) is 18.2 Å². The second-order valence-electron chi connectivity index (χ2n) is 4.20. The van der Waals surface area contributed by atoms with Crippen molar-refractivity contribution in [2.75, 3.05) is 7.11 Å². The molecule has 6 heteroatoms. The third-order valence-corrected chi connectivity index (χ3v) is 3.91. The average Bonchev–Trinajstić information content (AvgIpc) is 2.97. The number of hydrogen-bond donors (Lipinski definition) is 2. The van der Waals surface area contributed by atoms with Crippen molar-refractivity contribution in [3.8, 4) is 16.3 Å². The molecule has 1 amide bonds. The number of rotatable bonds is 5. The smallest absolute Gasteiger partial charge is 0.221 e. The summed E-state index contributed by atoms with van der Waals surface area (Å²) in [5.41, 5.74) is 6.90. The van der Waals surface area contributed by atoms with Gasteiger partial charge in [-0.2, -0.15) is 0 Å². The lowest BCUT2D eigenvalue weighted by atomic mass is 10.2. The fourth-order valence-electron chi connectivity index (χ4n) is 1.67. The van der Waals surface area contributed by atoms with Gasteiger partial charge >= 0.3 is 0 Å². The first-order valence-electron chi connectivity index (χ1n) is 6.29. The van der Waals surface area contributed by atoms with Gasteiger partial charge in [0.25, 0.3) is 0 Å². The lowest BCUT2D eigenvalue weighted by Crippen LogP contribution is -2.32. The van der Waals surface area contributed by atoms with Crippen LogP contribution in [0.15, 0.2) is 30.5 Å². The number of aromatic nitrogens is 1. The lowest BCUT2D eigenvalue weighted by molar-refractivity contribution is -0.121. The van der Waals surface area contributed by atoms with Crippen LogP contribution in [0.1, 0.15) is 24.4 Å². The van der Waals surface area contributed by atoms with Crippen molar-refractivity contribution in [1.29, 1.82) is 0 Å². The molecule has 0 bridgehead atoms. The van der Waals surface area contributed by atoms with Crippen molar-refractivity contribution in [1.82, 2.24) is 10.3 Å². The molecule has 1 aromatic carbocycles. The Balaban J connectivity index is 2.17. The van der Waals surface area contributed by atoms with Crippen LogP contribution in [0.2, 0.25) is 0 Å². The third kappa shape index (κ3) is 3.34. The molecule has 3 N–H and O–H groups in total. The van der Waals surface area contributed by atoms with Crippen molar-refractivity contribution in [3.63, 3.8) is 0 Å². The average molecular weight is 291 g/mol. The van der Waals surface area contributed by atoms with Crippen LogP contribution in [0.4, 0.5) is 0 Å². The Morgan fingerprint density at radius 1 is 1.55 bits per heavy atom. The van der Waals surface area contributed by atoms with Gasteiger partial charge in [0.2, 0.25) is 5.91 Å². The molecule has 0 saturated carbocycles. The Bertz CT molecular complexity index is 598. The normalized spacial score (nSPS) is 11.9. The highest BCUT2D eigenvalue weighted by Crippen LogP contribution is 2.29. The zero-order chi connectivity index (χ0) is 14.5. The minimum atomic E-state index is -0.515. The summed E-state index contributed by atoms with van der Waals surface area (Å²) in [5, 5.41) is 3.57. The first kappa shape index (κ1) is 14.5. The van der Waals surface area contributed by atoms with Gasteiger partial charge in [-0.25, -0.2) is 4.98 Å². The monoisotopic (exact) mass is 291 g/mol. The van der Waals surface area contributed by atoms with Crippen LogP contribution in [-0.2, 0) is 4.79 Å². The van der Waals surface area contributed by atoms with Gasteiger partial charge in [-0.15, -0.1) is 11.3 Å². The van der Waals surface area contributed by atoms with Crippen molar-refractivity contribution in [2.45, 2.75) is 19.5 Å². The molecule has 0 unspecified atom stereocenters. The Hall–Kier alpha value is -1.92. The molecule has 0 aliphatic carbocycles. The van der Waals surface area contributed by atoms with Crippen molar-refractivity contribution in [3.05, 3.63) is 35.3 Å². The number of hydrogen-bond acceptors (Lipinski definition) is 5. The van der Waals surface area contributed by atoms with Crippen LogP contribution in [0.5, 0.6) is 5.75 Å². The van der Waals surface area contributed by atoms with Crippen LogP contribution in [0.25, 0.3) is 10.6 Å². The largest absolute Gasteiger partial charge is 0.497 e. The van der Waals surface area contributed by atoms with E-state index in [2.05, 4.69) is 10.3 Å². The molecular weight excluding hydrogens is 274 g/mol. The van der Waals surface area contributed by atoms with Gasteiger partial charge in [-0.05, 0) is 12.1 Å². The number of nitrogens with zero attached hydrogens (tertiary/aromatic N) is 1. The molecule has 1 heterocycles. The molecule has 5 nitrogen and oxygen atoms in total. The Morgan fingerprint density at radius 3 is 3.05 bits per heavy atom. The van der Waals surface area contributed by atoms with Crippen molar-refractivity contribution in [2.24, 2.45) is 5.73 Å². The predicted molar refractivity (Wildman–Crippen MR) is 79.5 cm³/mol. The molecule has 20 heavy (non-hydrogen) atoms. The number of ether oxygens (including phenoxy) is 1. The maximum atomic E-state index is 11.3. The molecule has 0 saturated heterocycles. The van der Waals surface area contributed by atoms with Crippen LogP contribution in [0.3, 0.4) is 0 Å². The van der Waals surface area contributed by atoms with Crippen molar-refractivity contribution >= 4 is 17.2 Å². The molecule has 1 aromatic heterocycles. The van der Waals surface area contributed by atoms with E-state index in [1.54, 1.807) is 20.2 Å². The molecule has 0 fully saturated rings. The summed E-state index contributed by atoms with van der Waals surface area (Å²) in [7, 11) is 1.63. The first-order chi connectivity index (χ1) is 9.63. The van der Waals surface area contributed by atoms with Gasteiger partial charge in [0.15, 0.2) is 0 Å². The summed E-state index contributed by atoms with van der Waals surface area (Å²) in [6, 6.07) is 7.67. The van der Waals surface area contributed by atoms with Crippen LogP contribution in [0, 0.1) is 0 Å². The summed E-state index contributed by atoms with van der Waals surface area (Å²) in [6.07, 6.45) is 1.59. The molecule has 0 aliphatic heterocycles. The molecule has 0 aliphatic rings. The molecule has 106 valence electrons. The number of benzene rings is 1. The predicted octanol–water partition coefficient (Wildman–Crippen LogP) is 2.30. The van der Waals surface area contributed by atoms with Crippen LogP contribution >= 0.6 is 11.3 Å². The molecule has 1 atom stereocenters. The minimum Gasteiger partial charge on any atom is -0.497 e. The second kappa shape index (κ2) is 6.49. The fraction of sp³-hybridized carbons (Fsp3) is 0.286. The van der Waals surface area contributed by atoms with E-state index in [-0.39, 0.29) is 5.91 Å². The second-order valence-corrected chi connectivity index (χ2v) is 5.26. The van der Waals surface area contributed by atoms with Crippen LogP contribution in [-0.4, -0.2) is 18.0 Å². The zero-order valence-electron chi connectivity index (χ0n) is 11.4. The van der Waals surface area contributed by atoms with E-state index in [1.165, 1.54) is 11.3 Å². The summed E-state index contributed by atoms with van der Waals surface area (Å²) in [4.78, 5) is 16.5. The molecule has 0 spiro atoms. The van der Waals surface area contributed by atoms with Gasteiger partial charge in [0.05, 0.1) is 12.0 Å². The highest BCUT2D eigenvalue weighted by molar-refractivity contribution is 7.15. The molecule has 0 radical (unpaired) electrons. The number of carbonyl (C=O) groups is 1. The highest BCUT2D eigenvalue weighted by Gasteiger charge is 2.13. The lowest BCUT2D eigenvalue weighted by Gasteiger charge is -2.10. The van der Waals surface area contributed by atoms with Gasteiger partial charge in [-0.1, -0.05) is 19.1 Å². The summed E-state index contributed by atoms with van der Waals surface area (Å²) in [5.74, 6) is 0.705. The van der Waals surface area contributed by atoms with Gasteiger partial charge in [0.1, 0.15) is 16.9 Å². The van der Waals surface area contributed by atoms with E-state index in [0.29, 0.717) is 6.42 Å². The third-order valence-electron chi connectivity index (χ3n) is 2.78. The van der Waals surface area contributed by atoms with E-state index in [9.17, 15) is 4.79 Å². The fourth-order valence-corrected chi connectivity index (χ4v) is 2.53. The zero-order valence-corrected chi connectivity index (χ0v) is 12.2. The number of methoxy groups -OCH3 is 1. The number of nitrogens with two attached hydrogens (primary N) is 1. The molecular formula is C14H17N3O2S. The molecule has 2 aromatic rings. The number of carbonyl (C=O) groups excluding carboxylic acids is 1. The van der Waals surface area contributed by atoms with Crippen molar-refractivity contribution < 1.29 is 9.53 Å². The Labute approximate surface area is 121 Å². The molecule has 2 rings (SSSR count). The SMILES string of the molecule is CCC(=O)N[C@@H](N)c1cnc(-c2cccc(OC)c2)s1. The standard InChI is InChI=1S/C14H17N3O2S/c1-3-12(18)17-13(15)11-8-16-14(20-11)9-5-4-6-10(7-9)19-2/h4-8,13H,3,15H2,1-2H3,(H,17,18)/t13-/m1/s1. The number of amides is 1. The van der Waals surface area contributed by atoms with E-state index in [1.807, 2.05) is 24.3 Å². The topological polar surface area (TPSA) is 77.2 Å². The van der Waals surface area contributed by atoms with E-state index < -0.39 is 6.17 Å². The summed E-state index contributed by atoms with van der Waals surface area (Å²) < 4.78 is 5.19. The van der Waals surface area contributed by atoms with Gasteiger partial charge < -0.3 is 15.8 Å².